The summed E-state index contributed by atoms with van der Waals surface area (Å²) in [5.41, 5.74) is 3.69. The summed E-state index contributed by atoms with van der Waals surface area (Å²) in [5, 5.41) is 6.97. The fourth-order valence-corrected chi connectivity index (χ4v) is 2.79. The highest BCUT2D eigenvalue weighted by Crippen LogP contribution is 2.10. The van der Waals surface area contributed by atoms with Crippen LogP contribution in [-0.2, 0) is 6.54 Å². The van der Waals surface area contributed by atoms with Crippen LogP contribution < -0.4 is 0 Å². The van der Waals surface area contributed by atoms with Crippen LogP contribution >= 0.6 is 0 Å². The Bertz CT molecular complexity index is 599. The van der Waals surface area contributed by atoms with Crippen LogP contribution in [0.4, 0.5) is 0 Å². The zero-order valence-corrected chi connectivity index (χ0v) is 13.2. The smallest absolute Gasteiger partial charge is 0.0646 e. The summed E-state index contributed by atoms with van der Waals surface area (Å²) in [5.74, 6) is 0. The summed E-state index contributed by atoms with van der Waals surface area (Å²) in [6.45, 7) is 7.26. The number of hydrazone groups is 1. The monoisotopic (exact) mass is 293 g/mol. The number of rotatable bonds is 4. The average Bonchev–Trinajstić information content (AvgIpc) is 2.58. The van der Waals surface area contributed by atoms with Gasteiger partial charge in [-0.05, 0) is 18.1 Å². The highest BCUT2D eigenvalue weighted by molar-refractivity contribution is 5.98. The molecule has 2 aromatic carbocycles. The molecule has 1 heterocycles. The van der Waals surface area contributed by atoms with Crippen molar-refractivity contribution in [1.82, 2.24) is 9.91 Å². The predicted molar refractivity (Wildman–Crippen MR) is 91.9 cm³/mol. The van der Waals surface area contributed by atoms with Gasteiger partial charge in [-0.3, -0.25) is 9.91 Å². The largest absolute Gasteiger partial charge is 0.295 e. The van der Waals surface area contributed by atoms with E-state index in [-0.39, 0.29) is 0 Å². The van der Waals surface area contributed by atoms with Crippen LogP contribution in [0.2, 0.25) is 0 Å². The zero-order chi connectivity index (χ0) is 15.2. The van der Waals surface area contributed by atoms with E-state index in [1.54, 1.807) is 0 Å². The third-order valence-electron chi connectivity index (χ3n) is 4.08. The van der Waals surface area contributed by atoms with E-state index >= 15 is 0 Å². The first kappa shape index (κ1) is 14.8. The van der Waals surface area contributed by atoms with Gasteiger partial charge >= 0.3 is 0 Å². The lowest BCUT2D eigenvalue weighted by Crippen LogP contribution is -2.43. The van der Waals surface area contributed by atoms with Gasteiger partial charge in [-0.15, -0.1) is 0 Å². The van der Waals surface area contributed by atoms with Gasteiger partial charge in [0.05, 0.1) is 5.71 Å². The molecular formula is C19H23N3. The molecule has 0 radical (unpaired) electrons. The number of hydrogen-bond acceptors (Lipinski definition) is 3. The molecule has 22 heavy (non-hydrogen) atoms. The average molecular weight is 293 g/mol. The minimum atomic E-state index is 0.997. The fourth-order valence-electron chi connectivity index (χ4n) is 2.79. The second-order valence-corrected chi connectivity index (χ2v) is 5.77. The number of piperazine rings is 1. The molecule has 1 aliphatic rings. The van der Waals surface area contributed by atoms with E-state index in [4.69, 9.17) is 5.10 Å². The van der Waals surface area contributed by atoms with Gasteiger partial charge in [0.1, 0.15) is 0 Å². The molecule has 1 saturated heterocycles. The molecule has 3 nitrogen and oxygen atoms in total. The molecule has 0 aliphatic carbocycles. The molecule has 0 N–H and O–H groups in total. The van der Waals surface area contributed by atoms with Crippen LogP contribution in [0, 0.1) is 0 Å². The molecule has 0 atom stereocenters. The molecular weight excluding hydrogens is 270 g/mol. The van der Waals surface area contributed by atoms with Crippen molar-refractivity contribution in [1.29, 1.82) is 0 Å². The molecule has 0 spiro atoms. The Hall–Kier alpha value is -2.13. The van der Waals surface area contributed by atoms with Crippen molar-refractivity contribution in [2.75, 3.05) is 26.2 Å². The summed E-state index contributed by atoms with van der Waals surface area (Å²) < 4.78 is 0. The topological polar surface area (TPSA) is 18.8 Å². The van der Waals surface area contributed by atoms with Crippen molar-refractivity contribution in [3.05, 3.63) is 71.8 Å². The van der Waals surface area contributed by atoms with Crippen molar-refractivity contribution >= 4 is 5.71 Å². The summed E-state index contributed by atoms with van der Waals surface area (Å²) in [7, 11) is 0. The van der Waals surface area contributed by atoms with Crippen LogP contribution in [0.15, 0.2) is 65.8 Å². The third kappa shape index (κ3) is 3.95. The summed E-state index contributed by atoms with van der Waals surface area (Å²) in [6.07, 6.45) is 0. The first-order valence-electron chi connectivity index (χ1n) is 7.93. The molecule has 1 aliphatic heterocycles. The Morgan fingerprint density at radius 1 is 0.864 bits per heavy atom. The van der Waals surface area contributed by atoms with Gasteiger partial charge in [0.15, 0.2) is 0 Å². The van der Waals surface area contributed by atoms with Gasteiger partial charge in [0.25, 0.3) is 0 Å². The second-order valence-electron chi connectivity index (χ2n) is 5.77. The Morgan fingerprint density at radius 2 is 1.45 bits per heavy atom. The summed E-state index contributed by atoms with van der Waals surface area (Å²) >= 11 is 0. The molecule has 3 rings (SSSR count). The van der Waals surface area contributed by atoms with Crippen molar-refractivity contribution in [3.8, 4) is 0 Å². The maximum absolute atomic E-state index is 4.77. The number of benzene rings is 2. The lowest BCUT2D eigenvalue weighted by Gasteiger charge is -2.33. The van der Waals surface area contributed by atoms with Crippen LogP contribution in [0.3, 0.4) is 0 Å². The van der Waals surface area contributed by atoms with Gasteiger partial charge in [0.2, 0.25) is 0 Å². The van der Waals surface area contributed by atoms with E-state index in [2.05, 4.69) is 71.4 Å². The molecule has 1 fully saturated rings. The highest BCUT2D eigenvalue weighted by Gasteiger charge is 2.15. The van der Waals surface area contributed by atoms with Crippen LogP contribution in [-0.4, -0.2) is 41.8 Å². The van der Waals surface area contributed by atoms with Crippen LogP contribution in [0.1, 0.15) is 18.1 Å². The van der Waals surface area contributed by atoms with Crippen LogP contribution in [0.5, 0.6) is 0 Å². The van der Waals surface area contributed by atoms with E-state index < -0.39 is 0 Å². The Kier molecular flexibility index (Phi) is 4.86. The minimum Gasteiger partial charge on any atom is -0.295 e. The van der Waals surface area contributed by atoms with Crippen molar-refractivity contribution in [2.45, 2.75) is 13.5 Å². The van der Waals surface area contributed by atoms with Gasteiger partial charge in [-0.25, -0.2) is 0 Å². The van der Waals surface area contributed by atoms with Gasteiger partial charge in [-0.2, -0.15) is 5.10 Å². The highest BCUT2D eigenvalue weighted by atomic mass is 15.5. The first-order chi connectivity index (χ1) is 10.8. The molecule has 0 amide bonds. The molecule has 0 aromatic heterocycles. The summed E-state index contributed by atoms with van der Waals surface area (Å²) in [4.78, 5) is 2.50. The minimum absolute atomic E-state index is 0.997. The molecule has 0 unspecified atom stereocenters. The third-order valence-corrected chi connectivity index (χ3v) is 4.08. The van der Waals surface area contributed by atoms with E-state index in [9.17, 15) is 0 Å². The van der Waals surface area contributed by atoms with E-state index in [0.717, 1.165) is 38.4 Å². The van der Waals surface area contributed by atoms with Crippen molar-refractivity contribution in [3.63, 3.8) is 0 Å². The van der Waals surface area contributed by atoms with Crippen molar-refractivity contribution in [2.24, 2.45) is 5.10 Å². The lowest BCUT2D eigenvalue weighted by molar-refractivity contribution is 0.130. The van der Waals surface area contributed by atoms with Gasteiger partial charge in [0, 0.05) is 32.7 Å². The predicted octanol–water partition coefficient (Wildman–Crippen LogP) is 3.23. The quantitative estimate of drug-likeness (QED) is 0.806. The Labute approximate surface area is 132 Å². The molecule has 114 valence electrons. The maximum atomic E-state index is 4.77. The molecule has 0 bridgehead atoms. The number of nitrogens with zero attached hydrogens (tertiary/aromatic N) is 3. The Morgan fingerprint density at radius 3 is 2.09 bits per heavy atom. The van der Waals surface area contributed by atoms with Crippen molar-refractivity contribution < 1.29 is 0 Å². The molecule has 2 aromatic rings. The molecule has 0 saturated carbocycles. The maximum Gasteiger partial charge on any atom is 0.0646 e. The zero-order valence-electron chi connectivity index (χ0n) is 13.2. The molecule has 3 heteroatoms. The summed E-state index contributed by atoms with van der Waals surface area (Å²) in [6, 6.07) is 21.1. The van der Waals surface area contributed by atoms with Crippen LogP contribution in [0.25, 0.3) is 0 Å². The SMILES string of the molecule is C/C(=N/N1CCN(Cc2ccccc2)CC1)c1ccccc1. The first-order valence-corrected chi connectivity index (χ1v) is 7.93. The van der Waals surface area contributed by atoms with E-state index in [0.29, 0.717) is 0 Å². The second kappa shape index (κ2) is 7.23. The fraction of sp³-hybridized carbons (Fsp3) is 0.316. The van der Waals surface area contributed by atoms with E-state index in [1.165, 1.54) is 11.1 Å². The normalized spacial score (nSPS) is 16.8. The Balaban J connectivity index is 1.53. The van der Waals surface area contributed by atoms with Gasteiger partial charge in [-0.1, -0.05) is 60.7 Å². The lowest BCUT2D eigenvalue weighted by atomic mass is 10.1. The van der Waals surface area contributed by atoms with E-state index in [1.807, 2.05) is 6.07 Å². The van der Waals surface area contributed by atoms with Gasteiger partial charge < -0.3 is 0 Å². The standard InChI is InChI=1S/C19H23N3/c1-17(19-10-6-3-7-11-19)20-22-14-12-21(13-15-22)16-18-8-4-2-5-9-18/h2-11H,12-16H2,1H3/b20-17-. The number of hydrogen-bond donors (Lipinski definition) is 0.